The number of carbonyl (C=O) groups excluding carboxylic acids is 1. The fourth-order valence-electron chi connectivity index (χ4n) is 2.16. The van der Waals surface area contributed by atoms with E-state index < -0.39 is 23.4 Å². The smallest absolute Gasteiger partial charge is 0.352 e. The largest absolute Gasteiger partial charge is 0.477 e. The molecule has 0 aromatic carbocycles. The molecule has 1 saturated heterocycles. The van der Waals surface area contributed by atoms with Crippen molar-refractivity contribution >= 4 is 35.4 Å². The molecule has 2 atom stereocenters. The molecule has 3 rings (SSSR count). The molecule has 2 N–H and O–H groups in total. The summed E-state index contributed by atoms with van der Waals surface area (Å²) >= 11 is 2.74. The molecule has 1 amide bonds. The van der Waals surface area contributed by atoms with Gasteiger partial charge in [0.15, 0.2) is 6.10 Å². The van der Waals surface area contributed by atoms with Crippen LogP contribution in [0.3, 0.4) is 0 Å². The monoisotopic (exact) mass is 325 g/mol. The fraction of sp³-hybridized carbons (Fsp3) is 0.333. The van der Waals surface area contributed by atoms with Crippen molar-refractivity contribution in [2.45, 2.75) is 16.5 Å². The SMILES string of the molecule is O=C(O)C1=C(CSc2cnccn2)CS[C@H]2[C@H](O)C(=O)N12. The number of aliphatic hydroxyl groups is 1. The molecule has 9 heteroatoms. The molecule has 0 radical (unpaired) electrons. The van der Waals surface area contributed by atoms with Gasteiger partial charge in [-0.15, -0.1) is 23.5 Å². The number of hydrogen-bond acceptors (Lipinski definition) is 7. The van der Waals surface area contributed by atoms with Crippen LogP contribution in [0, 0.1) is 0 Å². The Hall–Kier alpha value is -1.58. The molecule has 0 saturated carbocycles. The maximum Gasteiger partial charge on any atom is 0.352 e. The van der Waals surface area contributed by atoms with E-state index in [4.69, 9.17) is 0 Å². The summed E-state index contributed by atoms with van der Waals surface area (Å²) < 4.78 is 0. The van der Waals surface area contributed by atoms with E-state index in [1.807, 2.05) is 0 Å². The molecule has 0 aliphatic carbocycles. The number of β-lactam (4-membered cyclic amide) rings is 1. The third-order valence-corrected chi connectivity index (χ3v) is 5.48. The summed E-state index contributed by atoms with van der Waals surface area (Å²) in [5.41, 5.74) is 0.644. The number of thioether (sulfide) groups is 2. The zero-order valence-electron chi connectivity index (χ0n) is 10.7. The number of aliphatic carboxylic acids is 1. The van der Waals surface area contributed by atoms with Crippen molar-refractivity contribution in [3.8, 4) is 0 Å². The maximum absolute atomic E-state index is 11.7. The van der Waals surface area contributed by atoms with E-state index in [0.717, 1.165) is 0 Å². The first kappa shape index (κ1) is 14.4. The number of amides is 1. The number of aliphatic hydroxyl groups excluding tert-OH is 1. The Labute approximate surface area is 128 Å². The molecule has 7 nitrogen and oxygen atoms in total. The van der Waals surface area contributed by atoms with Crippen molar-refractivity contribution in [1.29, 1.82) is 0 Å². The van der Waals surface area contributed by atoms with Gasteiger partial charge in [-0.2, -0.15) is 0 Å². The van der Waals surface area contributed by atoms with E-state index in [1.54, 1.807) is 18.6 Å². The van der Waals surface area contributed by atoms with Gasteiger partial charge in [-0.1, -0.05) is 0 Å². The Kier molecular flexibility index (Phi) is 3.87. The van der Waals surface area contributed by atoms with Crippen LogP contribution in [0.4, 0.5) is 0 Å². The summed E-state index contributed by atoms with van der Waals surface area (Å²) in [6.45, 7) is 0. The molecular formula is C12H11N3O4S2. The van der Waals surface area contributed by atoms with E-state index in [0.29, 0.717) is 22.1 Å². The number of carboxylic acids is 1. The van der Waals surface area contributed by atoms with Crippen molar-refractivity contribution in [3.63, 3.8) is 0 Å². The lowest BCUT2D eigenvalue weighted by molar-refractivity contribution is -0.159. The van der Waals surface area contributed by atoms with Gasteiger partial charge in [0.2, 0.25) is 0 Å². The van der Waals surface area contributed by atoms with Crippen molar-refractivity contribution in [1.82, 2.24) is 14.9 Å². The molecule has 1 aromatic rings. The van der Waals surface area contributed by atoms with Gasteiger partial charge in [-0.25, -0.2) is 9.78 Å². The Bertz CT molecular complexity index is 622. The molecule has 3 heterocycles. The van der Waals surface area contributed by atoms with Gasteiger partial charge in [-0.05, 0) is 5.57 Å². The normalized spacial score (nSPS) is 24.6. The van der Waals surface area contributed by atoms with Crippen molar-refractivity contribution < 1.29 is 19.8 Å². The van der Waals surface area contributed by atoms with E-state index in [2.05, 4.69) is 9.97 Å². The highest BCUT2D eigenvalue weighted by Gasteiger charge is 2.52. The second-order valence-corrected chi connectivity index (χ2v) is 6.54. The number of carbonyl (C=O) groups is 2. The van der Waals surface area contributed by atoms with Crippen LogP contribution in [0.5, 0.6) is 0 Å². The van der Waals surface area contributed by atoms with Crippen LogP contribution in [0.25, 0.3) is 0 Å². The van der Waals surface area contributed by atoms with Crippen LogP contribution < -0.4 is 0 Å². The maximum atomic E-state index is 11.7. The number of aromatic nitrogens is 2. The summed E-state index contributed by atoms with van der Waals surface area (Å²) in [6, 6.07) is 0. The second kappa shape index (κ2) is 5.66. The number of rotatable bonds is 4. The number of carboxylic acid groups (broad SMARTS) is 1. The van der Waals surface area contributed by atoms with E-state index >= 15 is 0 Å². The van der Waals surface area contributed by atoms with E-state index in [9.17, 15) is 19.8 Å². The lowest BCUT2D eigenvalue weighted by Gasteiger charge is -2.47. The average molecular weight is 325 g/mol. The lowest BCUT2D eigenvalue weighted by atomic mass is 10.1. The number of fused-ring (bicyclic) bond motifs is 1. The summed E-state index contributed by atoms with van der Waals surface area (Å²) in [5, 5.41) is 19.1. The topological polar surface area (TPSA) is 104 Å². The van der Waals surface area contributed by atoms with Crippen LogP contribution in [-0.2, 0) is 9.59 Å². The third kappa shape index (κ3) is 2.52. The van der Waals surface area contributed by atoms with E-state index in [1.165, 1.54) is 28.4 Å². The summed E-state index contributed by atoms with van der Waals surface area (Å²) in [4.78, 5) is 32.3. The Morgan fingerprint density at radius 1 is 1.52 bits per heavy atom. The highest BCUT2D eigenvalue weighted by atomic mass is 32.2. The first-order chi connectivity index (χ1) is 10.1. The number of nitrogens with zero attached hydrogens (tertiary/aromatic N) is 3. The van der Waals surface area contributed by atoms with Gasteiger partial charge in [-0.3, -0.25) is 14.7 Å². The standard InChI is InChI=1S/C12H11N3O4S2/c16-9-10(17)15-8(12(18)19)6(5-21-11(9)15)4-20-7-3-13-1-2-14-7/h1-3,9,11,16H,4-5H2,(H,18,19)/t9-,11+/m1/s1. The van der Waals surface area contributed by atoms with E-state index in [-0.39, 0.29) is 5.70 Å². The molecule has 21 heavy (non-hydrogen) atoms. The van der Waals surface area contributed by atoms with Gasteiger partial charge >= 0.3 is 5.97 Å². The molecule has 110 valence electrons. The molecule has 1 aromatic heterocycles. The molecule has 1 fully saturated rings. The Morgan fingerprint density at radius 2 is 2.33 bits per heavy atom. The summed E-state index contributed by atoms with van der Waals surface area (Å²) in [5.74, 6) is -0.803. The second-order valence-electron chi connectivity index (χ2n) is 4.44. The van der Waals surface area contributed by atoms with Gasteiger partial charge in [0.05, 0.1) is 6.20 Å². The first-order valence-corrected chi connectivity index (χ1v) is 8.10. The zero-order chi connectivity index (χ0) is 15.0. The highest BCUT2D eigenvalue weighted by molar-refractivity contribution is 8.01. The molecule has 2 aliphatic rings. The molecule has 0 unspecified atom stereocenters. The molecule has 2 aliphatic heterocycles. The van der Waals surface area contributed by atoms with Gasteiger partial charge in [0.1, 0.15) is 16.1 Å². The van der Waals surface area contributed by atoms with Crippen molar-refractivity contribution in [3.05, 3.63) is 29.9 Å². The van der Waals surface area contributed by atoms with Crippen LogP contribution in [0.15, 0.2) is 34.9 Å². The highest BCUT2D eigenvalue weighted by Crippen LogP contribution is 2.41. The van der Waals surface area contributed by atoms with Crippen LogP contribution >= 0.6 is 23.5 Å². The molecular weight excluding hydrogens is 314 g/mol. The van der Waals surface area contributed by atoms with Gasteiger partial charge in [0.25, 0.3) is 5.91 Å². The first-order valence-electron chi connectivity index (χ1n) is 6.06. The van der Waals surface area contributed by atoms with Crippen molar-refractivity contribution in [2.75, 3.05) is 11.5 Å². The minimum atomic E-state index is -1.14. The minimum absolute atomic E-state index is 0.00885. The van der Waals surface area contributed by atoms with Gasteiger partial charge < -0.3 is 10.2 Å². The molecule has 0 bridgehead atoms. The zero-order valence-corrected chi connectivity index (χ0v) is 12.3. The molecule has 0 spiro atoms. The Balaban J connectivity index is 1.81. The quantitative estimate of drug-likeness (QED) is 0.597. The van der Waals surface area contributed by atoms with Crippen LogP contribution in [-0.4, -0.2) is 59.9 Å². The van der Waals surface area contributed by atoms with Crippen molar-refractivity contribution in [2.24, 2.45) is 0 Å². The predicted molar refractivity (Wildman–Crippen MR) is 76.5 cm³/mol. The predicted octanol–water partition coefficient (Wildman–Crippen LogP) is 0.183. The fourth-order valence-corrected chi connectivity index (χ4v) is 4.39. The summed E-state index contributed by atoms with van der Waals surface area (Å²) in [7, 11) is 0. The van der Waals surface area contributed by atoms with Gasteiger partial charge in [0, 0.05) is 23.9 Å². The lowest BCUT2D eigenvalue weighted by Crippen LogP contribution is -2.64. The summed E-state index contributed by atoms with van der Waals surface area (Å²) in [6.07, 6.45) is 3.63. The van der Waals surface area contributed by atoms with Crippen LogP contribution in [0.2, 0.25) is 0 Å². The minimum Gasteiger partial charge on any atom is -0.477 e. The third-order valence-electron chi connectivity index (χ3n) is 3.16. The van der Waals surface area contributed by atoms with Crippen LogP contribution in [0.1, 0.15) is 0 Å². The Morgan fingerprint density at radius 3 is 3.00 bits per heavy atom. The number of hydrogen-bond donors (Lipinski definition) is 2. The average Bonchev–Trinajstić information content (AvgIpc) is 2.52.